The van der Waals surface area contributed by atoms with E-state index in [1.807, 2.05) is 0 Å². The molecule has 1 fully saturated rings. The average Bonchev–Trinajstić information content (AvgIpc) is 3.06. The van der Waals surface area contributed by atoms with Crippen LogP contribution >= 0.6 is 0 Å². The Labute approximate surface area is 169 Å². The van der Waals surface area contributed by atoms with Crippen LogP contribution in [-0.4, -0.2) is 35.5 Å². The van der Waals surface area contributed by atoms with E-state index in [0.717, 1.165) is 5.56 Å². The molecule has 9 nitrogen and oxygen atoms in total. The normalized spacial score (nSPS) is 17.5. The lowest BCUT2D eigenvalue weighted by molar-refractivity contribution is -0.137. The number of azide groups is 1. The number of carboxylic acids is 1. The summed E-state index contributed by atoms with van der Waals surface area (Å²) in [7, 11) is 0. The van der Waals surface area contributed by atoms with Gasteiger partial charge in [0.15, 0.2) is 0 Å². The average molecular weight is 401 g/mol. The van der Waals surface area contributed by atoms with Gasteiger partial charge in [-0.05, 0) is 34.1 Å². The van der Waals surface area contributed by atoms with Crippen molar-refractivity contribution in [3.63, 3.8) is 0 Å². The number of amides is 2. The first kappa shape index (κ1) is 22.2. The maximum atomic E-state index is 12.4. The first-order valence-electron chi connectivity index (χ1n) is 9.41. The third-order valence-electron chi connectivity index (χ3n) is 6.09. The molecule has 0 radical (unpaired) electrons. The van der Waals surface area contributed by atoms with Crippen LogP contribution in [0.15, 0.2) is 29.4 Å². The van der Waals surface area contributed by atoms with Gasteiger partial charge in [0.05, 0.1) is 6.42 Å². The van der Waals surface area contributed by atoms with E-state index in [2.05, 4.69) is 48.4 Å². The fourth-order valence-corrected chi connectivity index (χ4v) is 3.69. The number of carbonyl (C=O) groups is 3. The topological polar surface area (TPSA) is 144 Å². The number of benzene rings is 1. The summed E-state index contributed by atoms with van der Waals surface area (Å²) in [5.41, 5.74) is 9.53. The molecule has 1 saturated carbocycles. The van der Waals surface area contributed by atoms with Gasteiger partial charge in [0, 0.05) is 35.5 Å². The zero-order valence-corrected chi connectivity index (χ0v) is 17.1. The second kappa shape index (κ2) is 8.53. The van der Waals surface area contributed by atoms with Crippen LogP contribution in [0.2, 0.25) is 0 Å². The number of carbonyl (C=O) groups excluding carboxylic acids is 2. The van der Waals surface area contributed by atoms with Gasteiger partial charge in [-0.25, -0.2) is 0 Å². The first-order chi connectivity index (χ1) is 13.5. The summed E-state index contributed by atoms with van der Waals surface area (Å²) in [4.78, 5) is 38.2. The fraction of sp³-hybridized carbons (Fsp3) is 0.550. The highest BCUT2D eigenvalue weighted by Gasteiger charge is 2.68. The van der Waals surface area contributed by atoms with E-state index < -0.39 is 17.9 Å². The molecule has 9 heteroatoms. The smallest absolute Gasteiger partial charge is 0.305 e. The predicted molar refractivity (Wildman–Crippen MR) is 107 cm³/mol. The molecule has 1 aromatic carbocycles. The maximum Gasteiger partial charge on any atom is 0.305 e. The van der Waals surface area contributed by atoms with Gasteiger partial charge in [-0.2, -0.15) is 0 Å². The largest absolute Gasteiger partial charge is 0.481 e. The predicted octanol–water partition coefficient (Wildman–Crippen LogP) is 2.87. The molecule has 1 aromatic rings. The van der Waals surface area contributed by atoms with Crippen molar-refractivity contribution in [3.05, 3.63) is 45.8 Å². The Bertz CT molecular complexity index is 823. The molecular formula is C20H27N5O4. The highest BCUT2D eigenvalue weighted by Crippen LogP contribution is 2.68. The number of hydrogen-bond donors (Lipinski definition) is 3. The van der Waals surface area contributed by atoms with Gasteiger partial charge in [-0.1, -0.05) is 44.9 Å². The van der Waals surface area contributed by atoms with Crippen LogP contribution in [0, 0.1) is 16.7 Å². The van der Waals surface area contributed by atoms with E-state index in [0.29, 0.717) is 12.1 Å². The van der Waals surface area contributed by atoms with E-state index >= 15 is 0 Å². The third-order valence-corrected chi connectivity index (χ3v) is 6.09. The van der Waals surface area contributed by atoms with Gasteiger partial charge in [0.2, 0.25) is 5.91 Å². The van der Waals surface area contributed by atoms with Gasteiger partial charge < -0.3 is 15.7 Å². The molecule has 29 heavy (non-hydrogen) atoms. The van der Waals surface area contributed by atoms with E-state index in [9.17, 15) is 14.4 Å². The van der Waals surface area contributed by atoms with Crippen LogP contribution in [-0.2, 0) is 16.1 Å². The zero-order chi connectivity index (χ0) is 21.8. The molecule has 0 saturated heterocycles. The third kappa shape index (κ3) is 5.06. The molecule has 0 spiro atoms. The molecule has 0 bridgehead atoms. The maximum absolute atomic E-state index is 12.4. The Morgan fingerprint density at radius 1 is 1.17 bits per heavy atom. The SMILES string of the molecule is CC1(C)C(C(=O)NCc2ccc(C(=O)N[C@H](CN=[N+]=[N-])CC(=O)O)cc2)C1(C)C. The van der Waals surface area contributed by atoms with Crippen LogP contribution < -0.4 is 10.6 Å². The minimum atomic E-state index is -1.10. The summed E-state index contributed by atoms with van der Waals surface area (Å²) in [5.74, 6) is -1.56. The summed E-state index contributed by atoms with van der Waals surface area (Å²) >= 11 is 0. The van der Waals surface area contributed by atoms with Crippen molar-refractivity contribution in [1.82, 2.24) is 10.6 Å². The second-order valence-electron chi connectivity index (χ2n) is 8.47. The number of rotatable bonds is 9. The highest BCUT2D eigenvalue weighted by atomic mass is 16.4. The number of aliphatic carboxylic acids is 1. The van der Waals surface area contributed by atoms with Crippen molar-refractivity contribution in [1.29, 1.82) is 0 Å². The minimum Gasteiger partial charge on any atom is -0.481 e. The van der Waals surface area contributed by atoms with E-state index in [1.165, 1.54) is 0 Å². The van der Waals surface area contributed by atoms with Gasteiger partial charge >= 0.3 is 5.97 Å². The standard InChI is InChI=1S/C20H27N5O4/c1-19(2)16(20(19,3)4)18(29)22-10-12-5-7-13(8-6-12)17(28)24-14(9-15(26)27)11-23-25-21/h5-8,14,16H,9-11H2,1-4H3,(H,22,29)(H,24,28)(H,26,27)/t14-/m0/s1. The van der Waals surface area contributed by atoms with Crippen molar-refractivity contribution in [2.45, 2.75) is 46.7 Å². The van der Waals surface area contributed by atoms with Gasteiger partial charge in [0.1, 0.15) is 0 Å². The van der Waals surface area contributed by atoms with Crippen LogP contribution in [0.1, 0.15) is 50.0 Å². The number of nitrogens with one attached hydrogen (secondary N) is 2. The molecule has 0 unspecified atom stereocenters. The first-order valence-corrected chi connectivity index (χ1v) is 9.41. The Morgan fingerprint density at radius 2 is 1.76 bits per heavy atom. The van der Waals surface area contributed by atoms with Gasteiger partial charge in [-0.3, -0.25) is 14.4 Å². The quantitative estimate of drug-likeness (QED) is 0.332. The molecule has 1 atom stereocenters. The Kier molecular flexibility index (Phi) is 6.54. The van der Waals surface area contributed by atoms with Crippen molar-refractivity contribution in [3.8, 4) is 0 Å². The van der Waals surface area contributed by atoms with Crippen molar-refractivity contribution < 1.29 is 19.5 Å². The van der Waals surface area contributed by atoms with Gasteiger partial charge in [-0.15, -0.1) is 0 Å². The molecular weight excluding hydrogens is 374 g/mol. The molecule has 0 aliphatic heterocycles. The highest BCUT2D eigenvalue weighted by molar-refractivity contribution is 5.94. The molecule has 156 valence electrons. The lowest BCUT2D eigenvalue weighted by Gasteiger charge is -2.14. The summed E-state index contributed by atoms with van der Waals surface area (Å²) in [6, 6.07) is 5.89. The van der Waals surface area contributed by atoms with Crippen LogP contribution in [0.3, 0.4) is 0 Å². The van der Waals surface area contributed by atoms with Crippen molar-refractivity contribution in [2.75, 3.05) is 6.54 Å². The summed E-state index contributed by atoms with van der Waals surface area (Å²) in [5, 5.41) is 17.7. The molecule has 2 rings (SSSR count). The Hall–Kier alpha value is -3.06. The minimum absolute atomic E-state index is 0.0244. The van der Waals surface area contributed by atoms with Crippen LogP contribution in [0.4, 0.5) is 0 Å². The zero-order valence-electron chi connectivity index (χ0n) is 17.1. The molecule has 1 aliphatic carbocycles. The number of hydrogen-bond acceptors (Lipinski definition) is 4. The van der Waals surface area contributed by atoms with Gasteiger partial charge in [0.25, 0.3) is 5.91 Å². The number of carboxylic acid groups (broad SMARTS) is 1. The van der Waals surface area contributed by atoms with Crippen molar-refractivity contribution in [2.24, 2.45) is 21.9 Å². The Balaban J connectivity index is 1.92. The molecule has 0 aromatic heterocycles. The van der Waals surface area contributed by atoms with Crippen LogP contribution in [0.25, 0.3) is 10.4 Å². The van der Waals surface area contributed by atoms with E-state index in [4.69, 9.17) is 10.6 Å². The summed E-state index contributed by atoms with van der Waals surface area (Å²) in [6.07, 6.45) is -0.345. The molecule has 1 aliphatic rings. The van der Waals surface area contributed by atoms with E-state index in [1.54, 1.807) is 24.3 Å². The fourth-order valence-electron chi connectivity index (χ4n) is 3.69. The summed E-state index contributed by atoms with van der Waals surface area (Å²) < 4.78 is 0. The van der Waals surface area contributed by atoms with Crippen molar-refractivity contribution >= 4 is 17.8 Å². The molecule has 2 amide bonds. The number of nitrogens with zero attached hydrogens (tertiary/aromatic N) is 3. The second-order valence-corrected chi connectivity index (χ2v) is 8.47. The monoisotopic (exact) mass is 401 g/mol. The van der Waals surface area contributed by atoms with Crippen LogP contribution in [0.5, 0.6) is 0 Å². The molecule has 0 heterocycles. The summed E-state index contributed by atoms with van der Waals surface area (Å²) in [6.45, 7) is 8.57. The Morgan fingerprint density at radius 3 is 2.24 bits per heavy atom. The molecule has 3 N–H and O–H groups in total. The lowest BCUT2D eigenvalue weighted by Crippen LogP contribution is -2.38. The lowest BCUT2D eigenvalue weighted by atomic mass is 10.0. The van der Waals surface area contributed by atoms with E-state index in [-0.39, 0.29) is 35.6 Å².